The number of aromatic nitrogens is 1. The Balaban J connectivity index is 1.52. The molecule has 4 heteroatoms. The van der Waals surface area contributed by atoms with Gasteiger partial charge in [0.2, 0.25) is 0 Å². The van der Waals surface area contributed by atoms with E-state index in [9.17, 15) is 0 Å². The van der Waals surface area contributed by atoms with E-state index < -0.39 is 0 Å². The predicted molar refractivity (Wildman–Crippen MR) is 171 cm³/mol. The number of furan rings is 1. The summed E-state index contributed by atoms with van der Waals surface area (Å²) in [7, 11) is 0. The summed E-state index contributed by atoms with van der Waals surface area (Å²) < 4.78 is 6.80. The van der Waals surface area contributed by atoms with Gasteiger partial charge in [-0.3, -0.25) is 0 Å². The third-order valence-corrected chi connectivity index (χ3v) is 9.14. The van der Waals surface area contributed by atoms with E-state index in [1.165, 1.54) is 15.2 Å². The quantitative estimate of drug-likeness (QED) is 0.203. The Bertz CT molecular complexity index is 2260. The normalized spacial score (nSPS) is 12.7. The standard InChI is InChI=1S/C37H22N2OS/c1-2-12-23(13-3-1)36-26-22-30(39-28-17-7-10-20-32(28)41-33-21-11-8-18-29(33)39)37-35(25-15-5-9-19-31(25)40-37)34(26)24-14-4-6-16-27(24)38-36/h1-22H. The van der Waals surface area contributed by atoms with E-state index in [4.69, 9.17) is 9.40 Å². The van der Waals surface area contributed by atoms with Crippen molar-refractivity contribution in [2.75, 3.05) is 4.90 Å². The molecule has 192 valence electrons. The number of rotatable bonds is 2. The summed E-state index contributed by atoms with van der Waals surface area (Å²) in [5.74, 6) is 0. The van der Waals surface area contributed by atoms with Crippen molar-refractivity contribution in [2.24, 2.45) is 0 Å². The maximum Gasteiger partial charge on any atom is 0.160 e. The fourth-order valence-electron chi connectivity index (χ4n) is 6.26. The maximum atomic E-state index is 6.80. The van der Waals surface area contributed by atoms with Crippen LogP contribution in [0.4, 0.5) is 17.1 Å². The van der Waals surface area contributed by atoms with E-state index in [-0.39, 0.29) is 0 Å². The molecule has 0 amide bonds. The van der Waals surface area contributed by atoms with E-state index in [1.807, 2.05) is 17.8 Å². The summed E-state index contributed by atoms with van der Waals surface area (Å²) in [6, 6.07) is 46.9. The van der Waals surface area contributed by atoms with E-state index in [2.05, 4.69) is 132 Å². The van der Waals surface area contributed by atoms with E-state index >= 15 is 0 Å². The molecule has 0 spiro atoms. The van der Waals surface area contributed by atoms with Crippen molar-refractivity contribution in [3.05, 3.63) is 133 Å². The number of benzene rings is 6. The Morgan fingerprint density at radius 1 is 0.537 bits per heavy atom. The van der Waals surface area contributed by atoms with Crippen molar-refractivity contribution in [2.45, 2.75) is 9.79 Å². The van der Waals surface area contributed by atoms with Crippen LogP contribution in [0.2, 0.25) is 0 Å². The highest BCUT2D eigenvalue weighted by Gasteiger charge is 2.29. The molecule has 0 aliphatic carbocycles. The number of hydrogen-bond donors (Lipinski definition) is 0. The first-order valence-corrected chi connectivity index (χ1v) is 14.5. The minimum atomic E-state index is 0.880. The number of anilines is 3. The van der Waals surface area contributed by atoms with Crippen molar-refractivity contribution in [3.63, 3.8) is 0 Å². The molecule has 3 heterocycles. The number of pyridine rings is 1. The fourth-order valence-corrected chi connectivity index (χ4v) is 7.32. The predicted octanol–water partition coefficient (Wildman–Crippen LogP) is 10.9. The minimum Gasteiger partial charge on any atom is -0.454 e. The lowest BCUT2D eigenvalue weighted by atomic mass is 9.95. The Morgan fingerprint density at radius 2 is 1.17 bits per heavy atom. The Hall–Kier alpha value is -5.06. The summed E-state index contributed by atoms with van der Waals surface area (Å²) in [6.45, 7) is 0. The lowest BCUT2D eigenvalue weighted by Crippen LogP contribution is -2.15. The molecule has 1 aliphatic heterocycles. The third-order valence-electron chi connectivity index (χ3n) is 8.01. The molecule has 0 radical (unpaired) electrons. The van der Waals surface area contributed by atoms with Gasteiger partial charge in [-0.15, -0.1) is 0 Å². The zero-order valence-electron chi connectivity index (χ0n) is 21.9. The van der Waals surface area contributed by atoms with Crippen LogP contribution in [0.5, 0.6) is 0 Å². The number of nitrogens with zero attached hydrogens (tertiary/aromatic N) is 2. The largest absolute Gasteiger partial charge is 0.454 e. The number of hydrogen-bond acceptors (Lipinski definition) is 4. The van der Waals surface area contributed by atoms with Crippen molar-refractivity contribution in [3.8, 4) is 11.3 Å². The molecule has 6 aromatic carbocycles. The molecule has 8 aromatic rings. The molecule has 0 saturated carbocycles. The van der Waals surface area contributed by atoms with Crippen molar-refractivity contribution in [1.82, 2.24) is 4.98 Å². The molecule has 0 atom stereocenters. The van der Waals surface area contributed by atoms with Crippen LogP contribution in [0.15, 0.2) is 148 Å². The Kier molecular flexibility index (Phi) is 4.83. The van der Waals surface area contributed by atoms with E-state index in [1.54, 1.807) is 0 Å². The molecule has 2 aromatic heterocycles. The highest BCUT2D eigenvalue weighted by Crippen LogP contribution is 2.54. The van der Waals surface area contributed by atoms with Gasteiger partial charge in [0.15, 0.2) is 5.58 Å². The summed E-state index contributed by atoms with van der Waals surface area (Å²) >= 11 is 1.81. The number of para-hydroxylation sites is 4. The molecule has 0 fully saturated rings. The molecule has 0 N–H and O–H groups in total. The Labute approximate surface area is 240 Å². The van der Waals surface area contributed by atoms with Crippen molar-refractivity contribution >= 4 is 72.4 Å². The fraction of sp³-hybridized carbons (Fsp3) is 0. The summed E-state index contributed by atoms with van der Waals surface area (Å²) in [5.41, 5.74) is 8.11. The van der Waals surface area contributed by atoms with Gasteiger partial charge in [-0.25, -0.2) is 4.98 Å². The van der Waals surface area contributed by atoms with Crippen LogP contribution in [-0.2, 0) is 0 Å². The maximum absolute atomic E-state index is 6.80. The van der Waals surface area contributed by atoms with Gasteiger partial charge in [-0.05, 0) is 42.5 Å². The van der Waals surface area contributed by atoms with Gasteiger partial charge >= 0.3 is 0 Å². The monoisotopic (exact) mass is 542 g/mol. The van der Waals surface area contributed by atoms with Crippen LogP contribution in [0, 0.1) is 0 Å². The van der Waals surface area contributed by atoms with Gasteiger partial charge in [0.05, 0.1) is 28.3 Å². The lowest BCUT2D eigenvalue weighted by molar-refractivity contribution is 0.669. The van der Waals surface area contributed by atoms with Crippen LogP contribution in [-0.4, -0.2) is 4.98 Å². The molecule has 41 heavy (non-hydrogen) atoms. The molecule has 0 saturated heterocycles. The molecule has 0 bridgehead atoms. The third kappa shape index (κ3) is 3.32. The highest BCUT2D eigenvalue weighted by atomic mass is 32.2. The van der Waals surface area contributed by atoms with Gasteiger partial charge < -0.3 is 9.32 Å². The molecule has 3 nitrogen and oxygen atoms in total. The summed E-state index contributed by atoms with van der Waals surface area (Å²) in [4.78, 5) is 10.1. The van der Waals surface area contributed by atoms with Crippen LogP contribution >= 0.6 is 11.8 Å². The van der Waals surface area contributed by atoms with Crippen LogP contribution in [0.3, 0.4) is 0 Å². The number of fused-ring (bicyclic) bond motifs is 9. The van der Waals surface area contributed by atoms with Crippen LogP contribution < -0.4 is 4.90 Å². The lowest BCUT2D eigenvalue weighted by Gasteiger charge is -2.33. The second-order valence-corrected chi connectivity index (χ2v) is 11.4. The zero-order valence-corrected chi connectivity index (χ0v) is 22.7. The second kappa shape index (κ2) is 8.72. The van der Waals surface area contributed by atoms with Gasteiger partial charge in [-0.1, -0.05) is 103 Å². The second-order valence-electron chi connectivity index (χ2n) is 10.3. The molecule has 9 rings (SSSR count). The average molecular weight is 543 g/mol. The van der Waals surface area contributed by atoms with Gasteiger partial charge in [-0.2, -0.15) is 0 Å². The van der Waals surface area contributed by atoms with Crippen molar-refractivity contribution in [1.29, 1.82) is 0 Å². The summed E-state index contributed by atoms with van der Waals surface area (Å²) in [5, 5.41) is 5.64. The topological polar surface area (TPSA) is 29.3 Å². The van der Waals surface area contributed by atoms with E-state index in [0.717, 1.165) is 66.5 Å². The first-order chi connectivity index (χ1) is 20.3. The van der Waals surface area contributed by atoms with Gasteiger partial charge in [0, 0.05) is 42.3 Å². The van der Waals surface area contributed by atoms with Gasteiger partial charge in [0.25, 0.3) is 0 Å². The first kappa shape index (κ1) is 22.7. The molecule has 1 aliphatic rings. The Morgan fingerprint density at radius 3 is 1.95 bits per heavy atom. The SMILES string of the molecule is c1ccc(-c2nc3ccccc3c3c2cc(N2c4ccccc4Sc4ccccc42)c2oc4ccccc4c23)cc1. The molecular weight excluding hydrogens is 520 g/mol. The first-order valence-electron chi connectivity index (χ1n) is 13.7. The molecular formula is C37H22N2OS. The highest BCUT2D eigenvalue weighted by molar-refractivity contribution is 7.99. The van der Waals surface area contributed by atoms with E-state index in [0.29, 0.717) is 0 Å². The summed E-state index contributed by atoms with van der Waals surface area (Å²) in [6.07, 6.45) is 0. The minimum absolute atomic E-state index is 0.880. The smallest absolute Gasteiger partial charge is 0.160 e. The zero-order chi connectivity index (χ0) is 26.9. The van der Waals surface area contributed by atoms with Crippen LogP contribution in [0.1, 0.15) is 0 Å². The van der Waals surface area contributed by atoms with Crippen molar-refractivity contribution < 1.29 is 4.42 Å². The average Bonchev–Trinajstić information content (AvgIpc) is 3.43. The molecule has 0 unspecified atom stereocenters. The van der Waals surface area contributed by atoms with Gasteiger partial charge in [0.1, 0.15) is 5.58 Å². The van der Waals surface area contributed by atoms with Crippen LogP contribution in [0.25, 0.3) is 54.9 Å².